The van der Waals surface area contributed by atoms with Crippen LogP contribution in [0.5, 0.6) is 0 Å². The van der Waals surface area contributed by atoms with Gasteiger partial charge >= 0.3 is 6.09 Å². The fourth-order valence-corrected chi connectivity index (χ4v) is 2.96. The van der Waals surface area contributed by atoms with Crippen molar-refractivity contribution >= 4 is 6.09 Å². The molecule has 0 spiro atoms. The SMILES string of the molecule is Cc1ccc(C2CCN(C(=O)OC(C)(C)C)CC2CO)cc1. The minimum atomic E-state index is -0.487. The lowest BCUT2D eigenvalue weighted by atomic mass is 9.81. The van der Waals surface area contributed by atoms with Gasteiger partial charge in [-0.15, -0.1) is 0 Å². The summed E-state index contributed by atoms with van der Waals surface area (Å²) < 4.78 is 5.43. The van der Waals surface area contributed by atoms with Crippen molar-refractivity contribution in [2.45, 2.75) is 45.6 Å². The van der Waals surface area contributed by atoms with E-state index in [0.29, 0.717) is 19.0 Å². The van der Waals surface area contributed by atoms with Crippen LogP contribution in [0.4, 0.5) is 4.79 Å². The lowest BCUT2D eigenvalue weighted by Crippen LogP contribution is -2.46. The van der Waals surface area contributed by atoms with Crippen LogP contribution < -0.4 is 0 Å². The molecule has 0 aliphatic carbocycles. The van der Waals surface area contributed by atoms with E-state index in [4.69, 9.17) is 4.74 Å². The monoisotopic (exact) mass is 305 g/mol. The number of aliphatic hydroxyl groups excluding tert-OH is 1. The molecule has 1 aromatic rings. The fraction of sp³-hybridized carbons (Fsp3) is 0.611. The van der Waals surface area contributed by atoms with Crippen LogP contribution in [-0.2, 0) is 4.74 Å². The number of hydrogen-bond acceptors (Lipinski definition) is 3. The molecule has 2 rings (SSSR count). The number of carbonyl (C=O) groups is 1. The number of aliphatic hydroxyl groups is 1. The van der Waals surface area contributed by atoms with Crippen LogP contribution in [0.1, 0.15) is 44.2 Å². The van der Waals surface area contributed by atoms with E-state index in [2.05, 4.69) is 31.2 Å². The fourth-order valence-electron chi connectivity index (χ4n) is 2.96. The molecule has 0 bridgehead atoms. The first kappa shape index (κ1) is 16.8. The van der Waals surface area contributed by atoms with Crippen LogP contribution in [0.3, 0.4) is 0 Å². The molecular formula is C18H27NO3. The van der Waals surface area contributed by atoms with Crippen LogP contribution >= 0.6 is 0 Å². The van der Waals surface area contributed by atoms with Crippen LogP contribution in [0.25, 0.3) is 0 Å². The molecule has 1 fully saturated rings. The Morgan fingerprint density at radius 3 is 2.50 bits per heavy atom. The van der Waals surface area contributed by atoms with E-state index in [1.165, 1.54) is 11.1 Å². The highest BCUT2D eigenvalue weighted by atomic mass is 16.6. The zero-order valence-corrected chi connectivity index (χ0v) is 14.0. The average Bonchev–Trinajstić information content (AvgIpc) is 2.45. The van der Waals surface area contributed by atoms with Gasteiger partial charge in [0.05, 0.1) is 0 Å². The molecule has 4 nitrogen and oxygen atoms in total. The largest absolute Gasteiger partial charge is 0.444 e. The Hall–Kier alpha value is -1.55. The molecule has 0 radical (unpaired) electrons. The zero-order valence-electron chi connectivity index (χ0n) is 14.0. The van der Waals surface area contributed by atoms with Gasteiger partial charge in [0, 0.05) is 25.6 Å². The van der Waals surface area contributed by atoms with Crippen LogP contribution in [0.15, 0.2) is 24.3 Å². The second-order valence-electron chi connectivity index (χ2n) is 7.17. The van der Waals surface area contributed by atoms with E-state index in [-0.39, 0.29) is 18.6 Å². The normalized spacial score (nSPS) is 22.5. The summed E-state index contributed by atoms with van der Waals surface area (Å²) in [7, 11) is 0. The Labute approximate surface area is 133 Å². The predicted molar refractivity (Wildman–Crippen MR) is 86.9 cm³/mol. The quantitative estimate of drug-likeness (QED) is 0.912. The Morgan fingerprint density at radius 2 is 1.95 bits per heavy atom. The molecule has 1 saturated heterocycles. The number of ether oxygens (including phenoxy) is 1. The summed E-state index contributed by atoms with van der Waals surface area (Å²) in [6, 6.07) is 8.46. The van der Waals surface area contributed by atoms with Gasteiger partial charge in [-0.2, -0.15) is 0 Å². The molecule has 1 aliphatic heterocycles. The van der Waals surface area contributed by atoms with E-state index in [0.717, 1.165) is 6.42 Å². The number of rotatable bonds is 2. The molecule has 1 aromatic carbocycles. The van der Waals surface area contributed by atoms with Crippen molar-refractivity contribution in [3.8, 4) is 0 Å². The standard InChI is InChI=1S/C18H27NO3/c1-13-5-7-14(8-6-13)16-9-10-19(11-15(16)12-20)17(21)22-18(2,3)4/h5-8,15-16,20H,9-12H2,1-4H3. The van der Waals surface area contributed by atoms with Gasteiger partial charge in [-0.25, -0.2) is 4.79 Å². The summed E-state index contributed by atoms with van der Waals surface area (Å²) in [4.78, 5) is 13.9. The summed E-state index contributed by atoms with van der Waals surface area (Å²) in [5.41, 5.74) is 1.99. The van der Waals surface area contributed by atoms with Crippen molar-refractivity contribution in [1.29, 1.82) is 0 Å². The van der Waals surface area contributed by atoms with E-state index < -0.39 is 5.60 Å². The number of likely N-dealkylation sites (tertiary alicyclic amines) is 1. The third-order valence-electron chi connectivity index (χ3n) is 4.13. The number of piperidine rings is 1. The Kier molecular flexibility index (Phi) is 5.12. The average molecular weight is 305 g/mol. The van der Waals surface area contributed by atoms with Gasteiger partial charge in [-0.3, -0.25) is 0 Å². The predicted octanol–water partition coefficient (Wildman–Crippen LogP) is 3.33. The first-order chi connectivity index (χ1) is 10.3. The van der Waals surface area contributed by atoms with Crippen molar-refractivity contribution < 1.29 is 14.6 Å². The summed E-state index contributed by atoms with van der Waals surface area (Å²) in [5, 5.41) is 9.73. The lowest BCUT2D eigenvalue weighted by molar-refractivity contribution is 0.0102. The maximum absolute atomic E-state index is 12.2. The van der Waals surface area contributed by atoms with Crippen LogP contribution in [-0.4, -0.2) is 41.4 Å². The van der Waals surface area contributed by atoms with Crippen molar-refractivity contribution in [2.75, 3.05) is 19.7 Å². The molecule has 2 unspecified atom stereocenters. The van der Waals surface area contributed by atoms with E-state index in [1.807, 2.05) is 20.8 Å². The van der Waals surface area contributed by atoms with Gasteiger partial charge in [0.25, 0.3) is 0 Å². The van der Waals surface area contributed by atoms with Gasteiger partial charge in [-0.1, -0.05) is 29.8 Å². The molecular weight excluding hydrogens is 278 g/mol. The van der Waals surface area contributed by atoms with Gasteiger partial charge in [0.1, 0.15) is 5.60 Å². The second kappa shape index (κ2) is 6.69. The number of amides is 1. The minimum absolute atomic E-state index is 0.0592. The minimum Gasteiger partial charge on any atom is -0.444 e. The highest BCUT2D eigenvalue weighted by molar-refractivity contribution is 5.68. The zero-order chi connectivity index (χ0) is 16.3. The Morgan fingerprint density at radius 1 is 1.32 bits per heavy atom. The maximum Gasteiger partial charge on any atom is 0.410 e. The van der Waals surface area contributed by atoms with Crippen molar-refractivity contribution in [3.05, 3.63) is 35.4 Å². The molecule has 0 saturated carbocycles. The van der Waals surface area contributed by atoms with E-state index in [1.54, 1.807) is 4.90 Å². The van der Waals surface area contributed by atoms with Crippen LogP contribution in [0.2, 0.25) is 0 Å². The number of carbonyl (C=O) groups excluding carboxylic acids is 1. The third kappa shape index (κ3) is 4.23. The molecule has 1 amide bonds. The van der Waals surface area contributed by atoms with E-state index >= 15 is 0 Å². The molecule has 122 valence electrons. The van der Waals surface area contributed by atoms with Crippen molar-refractivity contribution in [3.63, 3.8) is 0 Å². The smallest absolute Gasteiger partial charge is 0.410 e. The topological polar surface area (TPSA) is 49.8 Å². The maximum atomic E-state index is 12.2. The number of aryl methyl sites for hydroxylation is 1. The molecule has 1 N–H and O–H groups in total. The highest BCUT2D eigenvalue weighted by Crippen LogP contribution is 2.33. The van der Waals surface area contributed by atoms with Crippen LogP contribution in [0, 0.1) is 12.8 Å². The first-order valence-electron chi connectivity index (χ1n) is 7.95. The molecule has 1 heterocycles. The Bertz CT molecular complexity index is 504. The Balaban J connectivity index is 2.05. The first-order valence-corrected chi connectivity index (χ1v) is 7.95. The molecule has 22 heavy (non-hydrogen) atoms. The molecule has 4 heteroatoms. The van der Waals surface area contributed by atoms with Gasteiger partial charge in [-0.05, 0) is 45.6 Å². The van der Waals surface area contributed by atoms with Gasteiger partial charge in [0.2, 0.25) is 0 Å². The molecule has 2 atom stereocenters. The number of hydrogen-bond donors (Lipinski definition) is 1. The summed E-state index contributed by atoms with van der Waals surface area (Å²) >= 11 is 0. The van der Waals surface area contributed by atoms with Crippen molar-refractivity contribution in [2.24, 2.45) is 5.92 Å². The highest BCUT2D eigenvalue weighted by Gasteiger charge is 2.33. The third-order valence-corrected chi connectivity index (χ3v) is 4.13. The van der Waals surface area contributed by atoms with E-state index in [9.17, 15) is 9.90 Å². The van der Waals surface area contributed by atoms with Gasteiger partial charge < -0.3 is 14.7 Å². The molecule has 0 aromatic heterocycles. The lowest BCUT2D eigenvalue weighted by Gasteiger charge is -2.38. The summed E-state index contributed by atoms with van der Waals surface area (Å²) in [6.07, 6.45) is 0.571. The summed E-state index contributed by atoms with van der Waals surface area (Å²) in [6.45, 7) is 8.97. The number of benzene rings is 1. The summed E-state index contributed by atoms with van der Waals surface area (Å²) in [5.74, 6) is 0.355. The second-order valence-corrected chi connectivity index (χ2v) is 7.17. The van der Waals surface area contributed by atoms with Crippen molar-refractivity contribution in [1.82, 2.24) is 4.90 Å². The molecule has 1 aliphatic rings. The number of nitrogens with zero attached hydrogens (tertiary/aromatic N) is 1. The van der Waals surface area contributed by atoms with Gasteiger partial charge in [0.15, 0.2) is 0 Å².